The normalized spacial score (nSPS) is 15.6. The Morgan fingerprint density at radius 3 is 2.73 bits per heavy atom. The van der Waals surface area contributed by atoms with Crippen LogP contribution in [0.2, 0.25) is 5.02 Å². The Bertz CT molecular complexity index is 1240. The first kappa shape index (κ1) is 18.4. The number of phenolic OH excluding ortho intramolecular Hbond substituents is 1. The molecular formula is C22H15ClFN3O3. The molecule has 0 bridgehead atoms. The van der Waals surface area contributed by atoms with Gasteiger partial charge >= 0.3 is 0 Å². The highest BCUT2D eigenvalue weighted by Gasteiger charge is 2.42. The molecule has 0 saturated carbocycles. The number of aromatic amines is 1. The van der Waals surface area contributed by atoms with E-state index < -0.39 is 6.04 Å². The van der Waals surface area contributed by atoms with Crippen molar-refractivity contribution >= 4 is 17.5 Å². The smallest absolute Gasteiger partial charge is 0.273 e. The van der Waals surface area contributed by atoms with Crippen molar-refractivity contribution in [1.29, 1.82) is 0 Å². The van der Waals surface area contributed by atoms with E-state index >= 15 is 0 Å². The van der Waals surface area contributed by atoms with Gasteiger partial charge in [-0.2, -0.15) is 5.10 Å². The van der Waals surface area contributed by atoms with Crippen LogP contribution in [-0.2, 0) is 6.54 Å². The molecule has 8 heteroatoms. The van der Waals surface area contributed by atoms with Gasteiger partial charge in [0, 0.05) is 16.1 Å². The summed E-state index contributed by atoms with van der Waals surface area (Å²) in [7, 11) is 0. The Morgan fingerprint density at radius 2 is 2.00 bits per heavy atom. The molecule has 1 aliphatic heterocycles. The molecule has 5 rings (SSSR count). The maximum Gasteiger partial charge on any atom is 0.273 e. The number of hydrogen-bond acceptors (Lipinski definition) is 4. The van der Waals surface area contributed by atoms with Crippen molar-refractivity contribution in [2.24, 2.45) is 0 Å². The zero-order chi connectivity index (χ0) is 20.8. The topological polar surface area (TPSA) is 82.4 Å². The quantitative estimate of drug-likeness (QED) is 0.488. The molecule has 1 amide bonds. The second kappa shape index (κ2) is 7.03. The van der Waals surface area contributed by atoms with Gasteiger partial charge in [-0.05, 0) is 48.0 Å². The summed E-state index contributed by atoms with van der Waals surface area (Å²) in [4.78, 5) is 14.8. The number of halogens is 2. The summed E-state index contributed by atoms with van der Waals surface area (Å²) in [6.45, 7) is 0.220. The Morgan fingerprint density at radius 1 is 1.20 bits per heavy atom. The number of amides is 1. The van der Waals surface area contributed by atoms with E-state index in [4.69, 9.17) is 16.0 Å². The van der Waals surface area contributed by atoms with E-state index in [2.05, 4.69) is 10.2 Å². The minimum Gasteiger partial charge on any atom is -0.507 e. The number of nitrogens with zero attached hydrogens (tertiary/aromatic N) is 2. The van der Waals surface area contributed by atoms with Crippen LogP contribution in [-0.4, -0.2) is 26.1 Å². The summed E-state index contributed by atoms with van der Waals surface area (Å²) in [5.41, 5.74) is 2.43. The predicted octanol–water partition coefficient (Wildman–Crippen LogP) is 4.91. The van der Waals surface area contributed by atoms with Crippen LogP contribution in [0.15, 0.2) is 65.3 Å². The van der Waals surface area contributed by atoms with Gasteiger partial charge in [-0.15, -0.1) is 0 Å². The summed E-state index contributed by atoms with van der Waals surface area (Å²) >= 11 is 6.13. The molecule has 150 valence electrons. The predicted molar refractivity (Wildman–Crippen MR) is 108 cm³/mol. The summed E-state index contributed by atoms with van der Waals surface area (Å²) in [6, 6.07) is 13.6. The van der Waals surface area contributed by atoms with E-state index in [-0.39, 0.29) is 24.0 Å². The van der Waals surface area contributed by atoms with Gasteiger partial charge in [-0.25, -0.2) is 4.39 Å². The van der Waals surface area contributed by atoms with E-state index in [0.29, 0.717) is 38.9 Å². The van der Waals surface area contributed by atoms with E-state index in [0.717, 1.165) is 0 Å². The van der Waals surface area contributed by atoms with Gasteiger partial charge in [0.15, 0.2) is 0 Å². The summed E-state index contributed by atoms with van der Waals surface area (Å²) in [6.07, 6.45) is 1.54. The van der Waals surface area contributed by atoms with Crippen molar-refractivity contribution in [3.63, 3.8) is 0 Å². The monoisotopic (exact) mass is 423 g/mol. The van der Waals surface area contributed by atoms with E-state index in [9.17, 15) is 14.3 Å². The molecule has 6 nitrogen and oxygen atoms in total. The molecule has 0 aliphatic carbocycles. The Kier molecular flexibility index (Phi) is 4.33. The number of carbonyl (C=O) groups is 1. The average molecular weight is 424 g/mol. The highest BCUT2D eigenvalue weighted by atomic mass is 35.5. The van der Waals surface area contributed by atoms with E-state index in [1.54, 1.807) is 47.6 Å². The number of benzene rings is 2. The number of H-pyrrole nitrogens is 1. The molecule has 1 aliphatic rings. The number of furan rings is 1. The first-order valence-electron chi connectivity index (χ1n) is 9.19. The Labute approximate surface area is 175 Å². The number of fused-ring (bicyclic) bond motifs is 1. The van der Waals surface area contributed by atoms with Gasteiger partial charge in [0.1, 0.15) is 28.7 Å². The highest BCUT2D eigenvalue weighted by Crippen LogP contribution is 2.45. The van der Waals surface area contributed by atoms with Crippen molar-refractivity contribution in [2.45, 2.75) is 12.6 Å². The fourth-order valence-corrected chi connectivity index (χ4v) is 4.00. The number of aromatic hydroxyl groups is 1. The standard InChI is InChI=1S/C22H15ClFN3O3/c23-13-5-8-17(28)16(10-13)19-18-20(26-25-19)22(29)27(11-15-2-1-9-30-15)21(18)12-3-6-14(24)7-4-12/h1-10,21,28H,11H2,(H,25,26). The van der Waals surface area contributed by atoms with Gasteiger partial charge in [-0.3, -0.25) is 9.89 Å². The fraction of sp³-hybridized carbons (Fsp3) is 0.0909. The lowest BCUT2D eigenvalue weighted by molar-refractivity contribution is 0.0717. The molecule has 0 spiro atoms. The Hall–Kier alpha value is -3.58. The fourth-order valence-electron chi connectivity index (χ4n) is 3.83. The third kappa shape index (κ3) is 2.95. The van der Waals surface area contributed by atoms with Gasteiger partial charge < -0.3 is 14.4 Å². The molecule has 0 radical (unpaired) electrons. The van der Waals surface area contributed by atoms with Crippen LogP contribution >= 0.6 is 11.6 Å². The van der Waals surface area contributed by atoms with Crippen LogP contribution in [0.25, 0.3) is 11.3 Å². The van der Waals surface area contributed by atoms with Crippen LogP contribution in [0.1, 0.15) is 33.4 Å². The van der Waals surface area contributed by atoms with Crippen molar-refractivity contribution < 1.29 is 18.7 Å². The number of phenols is 1. The largest absolute Gasteiger partial charge is 0.507 e. The van der Waals surface area contributed by atoms with Crippen molar-refractivity contribution in [2.75, 3.05) is 0 Å². The number of carbonyl (C=O) groups excluding carboxylic acids is 1. The molecule has 2 aromatic carbocycles. The zero-order valence-corrected chi connectivity index (χ0v) is 16.2. The van der Waals surface area contributed by atoms with Crippen LogP contribution in [0.5, 0.6) is 5.75 Å². The van der Waals surface area contributed by atoms with E-state index in [1.165, 1.54) is 18.2 Å². The van der Waals surface area contributed by atoms with Crippen LogP contribution in [0.3, 0.4) is 0 Å². The van der Waals surface area contributed by atoms with Crippen LogP contribution < -0.4 is 0 Å². The molecule has 4 aromatic rings. The maximum absolute atomic E-state index is 13.6. The molecule has 30 heavy (non-hydrogen) atoms. The molecule has 1 unspecified atom stereocenters. The Balaban J connectivity index is 1.69. The van der Waals surface area contributed by atoms with Gasteiger partial charge in [0.05, 0.1) is 18.8 Å². The minimum atomic E-state index is -0.551. The minimum absolute atomic E-state index is 0.0107. The second-order valence-electron chi connectivity index (χ2n) is 6.99. The second-order valence-corrected chi connectivity index (χ2v) is 7.43. The molecule has 3 heterocycles. The summed E-state index contributed by atoms with van der Waals surface area (Å²) in [5.74, 6) is -0.0407. The molecule has 2 N–H and O–H groups in total. The van der Waals surface area contributed by atoms with Crippen molar-refractivity contribution in [3.8, 4) is 17.0 Å². The molecule has 1 atom stereocenters. The molecule has 0 fully saturated rings. The molecule has 2 aromatic heterocycles. The van der Waals surface area contributed by atoms with Gasteiger partial charge in [-0.1, -0.05) is 23.7 Å². The number of hydrogen-bond donors (Lipinski definition) is 2. The van der Waals surface area contributed by atoms with Crippen LogP contribution in [0.4, 0.5) is 4.39 Å². The molecular weight excluding hydrogens is 409 g/mol. The van der Waals surface area contributed by atoms with Crippen molar-refractivity contribution in [3.05, 3.63) is 94.3 Å². The number of rotatable bonds is 4. The lowest BCUT2D eigenvalue weighted by Crippen LogP contribution is -2.29. The zero-order valence-electron chi connectivity index (χ0n) is 15.5. The average Bonchev–Trinajstić information content (AvgIpc) is 3.45. The third-order valence-corrected chi connectivity index (χ3v) is 5.40. The van der Waals surface area contributed by atoms with Gasteiger partial charge in [0.2, 0.25) is 0 Å². The summed E-state index contributed by atoms with van der Waals surface area (Å²) < 4.78 is 19.0. The summed E-state index contributed by atoms with van der Waals surface area (Å²) in [5, 5.41) is 17.9. The first-order chi connectivity index (χ1) is 14.5. The lowest BCUT2D eigenvalue weighted by Gasteiger charge is -2.25. The maximum atomic E-state index is 13.6. The van der Waals surface area contributed by atoms with Gasteiger partial charge in [0.25, 0.3) is 5.91 Å². The van der Waals surface area contributed by atoms with Crippen molar-refractivity contribution in [1.82, 2.24) is 15.1 Å². The molecule has 0 saturated heterocycles. The highest BCUT2D eigenvalue weighted by molar-refractivity contribution is 6.31. The number of aromatic nitrogens is 2. The first-order valence-corrected chi connectivity index (χ1v) is 9.56. The number of nitrogens with one attached hydrogen (secondary N) is 1. The third-order valence-electron chi connectivity index (χ3n) is 5.17. The SMILES string of the molecule is O=C1c2[nH]nc(-c3cc(Cl)ccc3O)c2C(c2ccc(F)cc2)N1Cc1ccco1. The van der Waals surface area contributed by atoms with Crippen LogP contribution in [0, 0.1) is 5.82 Å². The lowest BCUT2D eigenvalue weighted by atomic mass is 9.95. The van der Waals surface area contributed by atoms with E-state index in [1.807, 2.05) is 0 Å².